The van der Waals surface area contributed by atoms with Crippen molar-refractivity contribution in [1.29, 1.82) is 0 Å². The number of carbonyl (C=O) groups excluding carboxylic acids is 1. The van der Waals surface area contributed by atoms with Crippen LogP contribution in [0.15, 0.2) is 48.5 Å². The van der Waals surface area contributed by atoms with Crippen molar-refractivity contribution in [1.82, 2.24) is 0 Å². The molecule has 0 heterocycles. The Balaban J connectivity index is 2.17. The summed E-state index contributed by atoms with van der Waals surface area (Å²) in [6, 6.07) is 13.8. The molecule has 0 radical (unpaired) electrons. The highest BCUT2D eigenvalue weighted by Gasteiger charge is 2.29. The summed E-state index contributed by atoms with van der Waals surface area (Å²) in [5, 5.41) is 12.1. The molecule has 2 aromatic carbocycles. The molecular formula is C19H21NO4. The van der Waals surface area contributed by atoms with E-state index in [0.717, 1.165) is 0 Å². The third-order valence-corrected chi connectivity index (χ3v) is 3.83. The number of ether oxygens (including phenoxy) is 1. The zero-order chi connectivity index (χ0) is 17.7. The Labute approximate surface area is 141 Å². The lowest BCUT2D eigenvalue weighted by Crippen LogP contribution is -2.28. The SMILES string of the molecule is CCOc1ccccc1C(=O)Nc1ccc(C(C)(C)C(=O)O)cc1. The summed E-state index contributed by atoms with van der Waals surface area (Å²) in [5.41, 5.74) is 0.734. The van der Waals surface area contributed by atoms with Gasteiger partial charge in [0.25, 0.3) is 5.91 Å². The summed E-state index contributed by atoms with van der Waals surface area (Å²) in [5.74, 6) is -0.643. The van der Waals surface area contributed by atoms with Crippen molar-refractivity contribution in [3.8, 4) is 5.75 Å². The van der Waals surface area contributed by atoms with Crippen LogP contribution in [-0.4, -0.2) is 23.6 Å². The number of para-hydroxylation sites is 1. The van der Waals surface area contributed by atoms with Crippen molar-refractivity contribution in [2.75, 3.05) is 11.9 Å². The lowest BCUT2D eigenvalue weighted by Gasteiger charge is -2.20. The molecule has 0 unspecified atom stereocenters. The van der Waals surface area contributed by atoms with Gasteiger partial charge in [-0.1, -0.05) is 24.3 Å². The first kappa shape index (κ1) is 17.5. The molecule has 1 amide bonds. The van der Waals surface area contributed by atoms with E-state index in [2.05, 4.69) is 5.32 Å². The molecule has 0 aliphatic rings. The highest BCUT2D eigenvalue weighted by Crippen LogP contribution is 2.25. The van der Waals surface area contributed by atoms with E-state index in [-0.39, 0.29) is 5.91 Å². The minimum absolute atomic E-state index is 0.274. The minimum atomic E-state index is -0.982. The second kappa shape index (κ2) is 7.17. The van der Waals surface area contributed by atoms with Crippen LogP contribution in [0.4, 0.5) is 5.69 Å². The van der Waals surface area contributed by atoms with E-state index in [9.17, 15) is 14.7 Å². The van der Waals surface area contributed by atoms with Gasteiger partial charge in [0.2, 0.25) is 0 Å². The fourth-order valence-electron chi connectivity index (χ4n) is 2.23. The highest BCUT2D eigenvalue weighted by atomic mass is 16.5. The Bertz CT molecular complexity index is 735. The molecule has 0 saturated carbocycles. The Hall–Kier alpha value is -2.82. The number of anilines is 1. The average Bonchev–Trinajstić information content (AvgIpc) is 2.56. The van der Waals surface area contributed by atoms with Gasteiger partial charge >= 0.3 is 5.97 Å². The van der Waals surface area contributed by atoms with E-state index in [1.54, 1.807) is 56.3 Å². The van der Waals surface area contributed by atoms with Crippen LogP contribution < -0.4 is 10.1 Å². The second-order valence-corrected chi connectivity index (χ2v) is 5.89. The van der Waals surface area contributed by atoms with Crippen LogP contribution in [-0.2, 0) is 10.2 Å². The van der Waals surface area contributed by atoms with Crippen molar-refractivity contribution in [2.24, 2.45) is 0 Å². The number of amides is 1. The number of rotatable bonds is 6. The van der Waals surface area contributed by atoms with Crippen LogP contribution in [0.3, 0.4) is 0 Å². The molecule has 0 spiro atoms. The van der Waals surface area contributed by atoms with Crippen LogP contribution in [0.1, 0.15) is 36.7 Å². The van der Waals surface area contributed by atoms with Gasteiger partial charge in [-0.3, -0.25) is 9.59 Å². The number of carbonyl (C=O) groups is 2. The van der Waals surface area contributed by atoms with Crippen molar-refractivity contribution in [3.05, 3.63) is 59.7 Å². The molecule has 126 valence electrons. The summed E-state index contributed by atoms with van der Waals surface area (Å²) < 4.78 is 5.46. The summed E-state index contributed by atoms with van der Waals surface area (Å²) in [7, 11) is 0. The van der Waals surface area contributed by atoms with Gasteiger partial charge in [0.15, 0.2) is 0 Å². The normalized spacial score (nSPS) is 11.0. The molecule has 0 aliphatic carbocycles. The monoisotopic (exact) mass is 327 g/mol. The predicted octanol–water partition coefficient (Wildman–Crippen LogP) is 3.70. The van der Waals surface area contributed by atoms with Crippen LogP contribution in [0.25, 0.3) is 0 Å². The van der Waals surface area contributed by atoms with E-state index in [1.807, 2.05) is 13.0 Å². The van der Waals surface area contributed by atoms with E-state index >= 15 is 0 Å². The van der Waals surface area contributed by atoms with Crippen molar-refractivity contribution >= 4 is 17.6 Å². The fraction of sp³-hybridized carbons (Fsp3) is 0.263. The van der Waals surface area contributed by atoms with Crippen LogP contribution in [0.2, 0.25) is 0 Å². The maximum absolute atomic E-state index is 12.4. The average molecular weight is 327 g/mol. The van der Waals surface area contributed by atoms with Gasteiger partial charge in [0, 0.05) is 5.69 Å². The lowest BCUT2D eigenvalue weighted by atomic mass is 9.85. The topological polar surface area (TPSA) is 75.6 Å². The molecule has 5 heteroatoms. The van der Waals surface area contributed by atoms with Crippen LogP contribution in [0.5, 0.6) is 5.75 Å². The quantitative estimate of drug-likeness (QED) is 0.848. The van der Waals surface area contributed by atoms with Gasteiger partial charge in [-0.2, -0.15) is 0 Å². The summed E-state index contributed by atoms with van der Waals surface area (Å²) in [6.45, 7) is 5.61. The fourth-order valence-corrected chi connectivity index (χ4v) is 2.23. The Morgan fingerprint density at radius 1 is 1.08 bits per heavy atom. The van der Waals surface area contributed by atoms with Crippen LogP contribution in [0, 0.1) is 0 Å². The number of nitrogens with one attached hydrogen (secondary N) is 1. The van der Waals surface area contributed by atoms with E-state index in [4.69, 9.17) is 4.74 Å². The number of benzene rings is 2. The van der Waals surface area contributed by atoms with Gasteiger partial charge in [0.1, 0.15) is 5.75 Å². The van der Waals surface area contributed by atoms with Gasteiger partial charge in [-0.25, -0.2) is 0 Å². The molecular weight excluding hydrogens is 306 g/mol. The zero-order valence-electron chi connectivity index (χ0n) is 14.0. The Kier molecular flexibility index (Phi) is 5.24. The number of carboxylic acid groups (broad SMARTS) is 1. The molecule has 2 N–H and O–H groups in total. The summed E-state index contributed by atoms with van der Waals surface area (Å²) in [4.78, 5) is 23.7. The van der Waals surface area contributed by atoms with E-state index in [1.165, 1.54) is 0 Å². The molecule has 5 nitrogen and oxygen atoms in total. The summed E-state index contributed by atoms with van der Waals surface area (Å²) >= 11 is 0. The Morgan fingerprint density at radius 3 is 2.29 bits per heavy atom. The smallest absolute Gasteiger partial charge is 0.313 e. The Morgan fingerprint density at radius 2 is 1.71 bits per heavy atom. The molecule has 0 bridgehead atoms. The molecule has 0 saturated heterocycles. The van der Waals surface area contributed by atoms with Gasteiger partial charge in [0.05, 0.1) is 17.6 Å². The number of hydrogen-bond acceptors (Lipinski definition) is 3. The molecule has 0 aromatic heterocycles. The van der Waals surface area contributed by atoms with Crippen molar-refractivity contribution in [2.45, 2.75) is 26.2 Å². The third-order valence-electron chi connectivity index (χ3n) is 3.83. The van der Waals surface area contributed by atoms with E-state index < -0.39 is 11.4 Å². The molecule has 2 aromatic rings. The maximum Gasteiger partial charge on any atom is 0.313 e. The highest BCUT2D eigenvalue weighted by molar-refractivity contribution is 6.06. The number of aliphatic carboxylic acids is 1. The molecule has 24 heavy (non-hydrogen) atoms. The maximum atomic E-state index is 12.4. The van der Waals surface area contributed by atoms with Crippen molar-refractivity contribution in [3.63, 3.8) is 0 Å². The first-order chi connectivity index (χ1) is 11.4. The third kappa shape index (κ3) is 3.74. The standard InChI is InChI=1S/C19H21NO4/c1-4-24-16-8-6-5-7-15(16)17(21)20-14-11-9-13(10-12-14)19(2,3)18(22)23/h5-12H,4H2,1-3H3,(H,20,21)(H,22,23). The van der Waals surface area contributed by atoms with Gasteiger partial charge in [-0.05, 0) is 50.6 Å². The second-order valence-electron chi connectivity index (χ2n) is 5.89. The largest absolute Gasteiger partial charge is 0.493 e. The van der Waals surface area contributed by atoms with Crippen LogP contribution >= 0.6 is 0 Å². The van der Waals surface area contributed by atoms with Gasteiger partial charge < -0.3 is 15.2 Å². The predicted molar refractivity (Wildman–Crippen MR) is 92.7 cm³/mol. The number of carboxylic acids is 1. The van der Waals surface area contributed by atoms with Gasteiger partial charge in [-0.15, -0.1) is 0 Å². The molecule has 0 fully saturated rings. The number of hydrogen-bond donors (Lipinski definition) is 2. The minimum Gasteiger partial charge on any atom is -0.493 e. The molecule has 0 atom stereocenters. The lowest BCUT2D eigenvalue weighted by molar-refractivity contribution is -0.142. The molecule has 2 rings (SSSR count). The van der Waals surface area contributed by atoms with Crippen molar-refractivity contribution < 1.29 is 19.4 Å². The first-order valence-electron chi connectivity index (χ1n) is 7.73. The summed E-state index contributed by atoms with van der Waals surface area (Å²) in [6.07, 6.45) is 0. The molecule has 0 aliphatic heterocycles. The first-order valence-corrected chi connectivity index (χ1v) is 7.73. The van der Waals surface area contributed by atoms with E-state index in [0.29, 0.717) is 29.2 Å². The zero-order valence-corrected chi connectivity index (χ0v) is 14.0.